The molecule has 0 spiro atoms. The molecule has 1 rings (SSSR count). The van der Waals surface area contributed by atoms with Gasteiger partial charge in [-0.15, -0.1) is 0 Å². The van der Waals surface area contributed by atoms with E-state index < -0.39 is 9.84 Å². The highest BCUT2D eigenvalue weighted by molar-refractivity contribution is 7.90. The van der Waals surface area contributed by atoms with Crippen LogP contribution in [0.5, 0.6) is 0 Å². The van der Waals surface area contributed by atoms with E-state index in [2.05, 4.69) is 23.6 Å². The Morgan fingerprint density at radius 3 is 2.30 bits per heavy atom. The summed E-state index contributed by atoms with van der Waals surface area (Å²) in [5.74, 6) is 0. The van der Waals surface area contributed by atoms with E-state index in [4.69, 9.17) is 5.73 Å². The smallest absolute Gasteiger partial charge is 0.175 e. The molecule has 0 aliphatic carbocycles. The molecule has 0 radical (unpaired) electrons. The second-order valence-electron chi connectivity index (χ2n) is 5.39. The lowest BCUT2D eigenvalue weighted by molar-refractivity contribution is 0.373. The number of hydrogen-bond acceptors (Lipinski definition) is 5. The minimum absolute atomic E-state index is 0.259. The first kappa shape index (κ1) is 16.8. The topological polar surface area (TPSA) is 66.6 Å². The van der Waals surface area contributed by atoms with Crippen LogP contribution >= 0.6 is 0 Å². The van der Waals surface area contributed by atoms with Crippen LogP contribution in [0.4, 0.5) is 11.4 Å². The molecular weight excluding hydrogens is 274 g/mol. The summed E-state index contributed by atoms with van der Waals surface area (Å²) < 4.78 is 23.1. The zero-order chi connectivity index (χ0) is 15.5. The van der Waals surface area contributed by atoms with Gasteiger partial charge < -0.3 is 15.5 Å². The van der Waals surface area contributed by atoms with E-state index >= 15 is 0 Å². The highest BCUT2D eigenvalue weighted by atomic mass is 32.2. The van der Waals surface area contributed by atoms with Crippen molar-refractivity contribution in [1.82, 2.24) is 4.90 Å². The molecule has 1 aromatic rings. The molecule has 0 aliphatic heterocycles. The van der Waals surface area contributed by atoms with Crippen molar-refractivity contribution in [2.75, 3.05) is 44.1 Å². The Morgan fingerprint density at radius 1 is 1.30 bits per heavy atom. The first-order chi connectivity index (χ1) is 9.16. The fraction of sp³-hybridized carbons (Fsp3) is 0.571. The van der Waals surface area contributed by atoms with E-state index in [0.29, 0.717) is 11.7 Å². The molecule has 0 saturated heterocycles. The van der Waals surface area contributed by atoms with Crippen molar-refractivity contribution in [2.45, 2.75) is 24.8 Å². The van der Waals surface area contributed by atoms with E-state index in [0.717, 1.165) is 18.8 Å². The third-order valence-electron chi connectivity index (χ3n) is 3.24. The Morgan fingerprint density at radius 2 is 1.90 bits per heavy atom. The predicted molar refractivity (Wildman–Crippen MR) is 85.0 cm³/mol. The molecule has 6 heteroatoms. The maximum Gasteiger partial charge on any atom is 0.175 e. The van der Waals surface area contributed by atoms with E-state index in [-0.39, 0.29) is 4.90 Å². The average molecular weight is 299 g/mol. The maximum atomic E-state index is 11.5. The lowest BCUT2D eigenvalue weighted by Crippen LogP contribution is -2.40. The van der Waals surface area contributed by atoms with E-state index in [1.807, 2.05) is 14.1 Å². The average Bonchev–Trinajstić information content (AvgIpc) is 2.29. The minimum atomic E-state index is -3.22. The van der Waals surface area contributed by atoms with Crippen LogP contribution in [-0.4, -0.2) is 52.8 Å². The van der Waals surface area contributed by atoms with Gasteiger partial charge in [-0.1, -0.05) is 0 Å². The molecule has 0 aliphatic rings. The van der Waals surface area contributed by atoms with Crippen molar-refractivity contribution in [1.29, 1.82) is 0 Å². The third-order valence-corrected chi connectivity index (χ3v) is 4.35. The molecule has 114 valence electrons. The van der Waals surface area contributed by atoms with Gasteiger partial charge in [0.25, 0.3) is 0 Å². The molecule has 0 heterocycles. The number of anilines is 2. The molecule has 0 amide bonds. The number of nitrogens with zero attached hydrogens (tertiary/aromatic N) is 2. The Hall–Kier alpha value is -1.27. The lowest BCUT2D eigenvalue weighted by Gasteiger charge is -2.33. The summed E-state index contributed by atoms with van der Waals surface area (Å²) in [6.45, 7) is 5.92. The van der Waals surface area contributed by atoms with Crippen LogP contribution in [0.1, 0.15) is 13.8 Å². The third kappa shape index (κ3) is 4.11. The second kappa shape index (κ2) is 6.45. The monoisotopic (exact) mass is 299 g/mol. The van der Waals surface area contributed by atoms with Crippen LogP contribution in [0, 0.1) is 0 Å². The largest absolute Gasteiger partial charge is 0.397 e. The van der Waals surface area contributed by atoms with Crippen molar-refractivity contribution in [2.24, 2.45) is 0 Å². The summed E-state index contributed by atoms with van der Waals surface area (Å²) in [4.78, 5) is 4.56. The van der Waals surface area contributed by atoms with Crippen molar-refractivity contribution in [3.63, 3.8) is 0 Å². The second-order valence-corrected chi connectivity index (χ2v) is 7.41. The van der Waals surface area contributed by atoms with E-state index in [1.54, 1.807) is 12.1 Å². The van der Waals surface area contributed by atoms with E-state index in [9.17, 15) is 8.42 Å². The number of sulfone groups is 1. The summed E-state index contributed by atoms with van der Waals surface area (Å²) in [5.41, 5.74) is 7.43. The van der Waals surface area contributed by atoms with E-state index in [1.165, 1.54) is 12.3 Å². The highest BCUT2D eigenvalue weighted by Gasteiger charge is 2.17. The van der Waals surface area contributed by atoms with Gasteiger partial charge in [-0.25, -0.2) is 8.42 Å². The van der Waals surface area contributed by atoms with Gasteiger partial charge in [0.1, 0.15) is 0 Å². The molecule has 0 bridgehead atoms. The molecule has 1 atom stereocenters. The van der Waals surface area contributed by atoms with Crippen molar-refractivity contribution < 1.29 is 8.42 Å². The van der Waals surface area contributed by atoms with Gasteiger partial charge >= 0.3 is 0 Å². The Balaban J connectivity index is 3.11. The Bertz CT molecular complexity index is 556. The molecule has 0 fully saturated rings. The van der Waals surface area contributed by atoms with Crippen LogP contribution in [0.25, 0.3) is 0 Å². The molecule has 5 nitrogen and oxygen atoms in total. The Labute approximate surface area is 122 Å². The standard InChI is InChI=1S/C14H25N3O2S/c1-6-17(11(2)10-16(3)4)14-8-7-12(9-13(14)15)20(5,18)19/h7-9,11H,6,10,15H2,1-5H3. The van der Waals surface area contributed by atoms with Crippen LogP contribution < -0.4 is 10.6 Å². The van der Waals surface area contributed by atoms with Crippen molar-refractivity contribution >= 4 is 21.2 Å². The van der Waals surface area contributed by atoms with Crippen molar-refractivity contribution in [3.05, 3.63) is 18.2 Å². The molecule has 0 aromatic heterocycles. The zero-order valence-electron chi connectivity index (χ0n) is 12.9. The minimum Gasteiger partial charge on any atom is -0.397 e. The summed E-state index contributed by atoms with van der Waals surface area (Å²) in [6, 6.07) is 5.24. The van der Waals surface area contributed by atoms with Crippen LogP contribution in [0.3, 0.4) is 0 Å². The lowest BCUT2D eigenvalue weighted by atomic mass is 10.2. The van der Waals surface area contributed by atoms with Gasteiger partial charge in [0.2, 0.25) is 0 Å². The summed E-state index contributed by atoms with van der Waals surface area (Å²) in [6.07, 6.45) is 1.19. The van der Waals surface area contributed by atoms with Gasteiger partial charge in [-0.3, -0.25) is 0 Å². The van der Waals surface area contributed by atoms with Crippen LogP contribution in [0.15, 0.2) is 23.1 Å². The van der Waals surface area contributed by atoms with Gasteiger partial charge in [0.05, 0.1) is 16.3 Å². The van der Waals surface area contributed by atoms with Gasteiger partial charge in [0, 0.05) is 25.4 Å². The van der Waals surface area contributed by atoms with Gasteiger partial charge in [-0.2, -0.15) is 0 Å². The number of benzene rings is 1. The number of hydrogen-bond donors (Lipinski definition) is 1. The number of nitrogens with two attached hydrogens (primary N) is 1. The molecule has 1 unspecified atom stereocenters. The van der Waals surface area contributed by atoms with Gasteiger partial charge in [-0.05, 0) is 46.1 Å². The molecule has 0 saturated carbocycles. The quantitative estimate of drug-likeness (QED) is 0.805. The predicted octanol–water partition coefficient (Wildman–Crippen LogP) is 1.45. The number of likely N-dealkylation sites (N-methyl/N-ethyl adjacent to an activating group) is 2. The fourth-order valence-electron chi connectivity index (χ4n) is 2.37. The van der Waals surface area contributed by atoms with Crippen molar-refractivity contribution in [3.8, 4) is 0 Å². The SMILES string of the molecule is CCN(c1ccc(S(C)(=O)=O)cc1N)C(C)CN(C)C. The number of nitrogen functional groups attached to an aromatic ring is 1. The molecule has 20 heavy (non-hydrogen) atoms. The summed E-state index contributed by atoms with van der Waals surface area (Å²) in [5, 5.41) is 0. The van der Waals surface area contributed by atoms with Crippen LogP contribution in [-0.2, 0) is 9.84 Å². The highest BCUT2D eigenvalue weighted by Crippen LogP contribution is 2.27. The molecule has 1 aromatic carbocycles. The zero-order valence-corrected chi connectivity index (χ0v) is 13.7. The summed E-state index contributed by atoms with van der Waals surface area (Å²) >= 11 is 0. The first-order valence-electron chi connectivity index (χ1n) is 6.67. The number of rotatable bonds is 6. The first-order valence-corrected chi connectivity index (χ1v) is 8.57. The fourth-order valence-corrected chi connectivity index (χ4v) is 3.03. The molecule has 2 N–H and O–H groups in total. The molecular formula is C14H25N3O2S. The Kier molecular flexibility index (Phi) is 5.42. The summed E-state index contributed by atoms with van der Waals surface area (Å²) in [7, 11) is 0.836. The normalized spacial score (nSPS) is 13.5. The maximum absolute atomic E-state index is 11.5. The van der Waals surface area contributed by atoms with Crippen LogP contribution in [0.2, 0.25) is 0 Å². The van der Waals surface area contributed by atoms with Gasteiger partial charge in [0.15, 0.2) is 9.84 Å².